The Morgan fingerprint density at radius 2 is 2.12 bits per heavy atom. The lowest BCUT2D eigenvalue weighted by molar-refractivity contribution is -0.207. The first-order valence-electron chi connectivity index (χ1n) is 4.86. The molecule has 1 aliphatic heterocycles. The summed E-state index contributed by atoms with van der Waals surface area (Å²) in [4.78, 5) is 12.2. The number of hydrogen-bond acceptors (Lipinski definition) is 3. The third-order valence-corrected chi connectivity index (χ3v) is 2.88. The number of halogens is 3. The molecule has 1 fully saturated rings. The third-order valence-electron chi connectivity index (χ3n) is 2.88. The largest absolute Gasteiger partial charge is 0.481 e. The molecule has 0 aromatic carbocycles. The van der Waals surface area contributed by atoms with E-state index in [2.05, 4.69) is 0 Å². The molecule has 0 saturated carbocycles. The van der Waals surface area contributed by atoms with Gasteiger partial charge in [0, 0.05) is 13.1 Å². The first-order valence-corrected chi connectivity index (χ1v) is 4.86. The van der Waals surface area contributed by atoms with Crippen LogP contribution in [0.15, 0.2) is 0 Å². The van der Waals surface area contributed by atoms with Crippen LogP contribution < -0.4 is 0 Å². The minimum atomic E-state index is -4.65. The molecular formula is C9H14F3NO3. The lowest BCUT2D eigenvalue weighted by atomic mass is 9.90. The summed E-state index contributed by atoms with van der Waals surface area (Å²) in [7, 11) is 0. The fraction of sp³-hybridized carbons (Fsp3) is 0.889. The van der Waals surface area contributed by atoms with Crippen molar-refractivity contribution >= 4 is 5.97 Å². The van der Waals surface area contributed by atoms with Crippen molar-refractivity contribution in [2.45, 2.75) is 25.6 Å². The Morgan fingerprint density at radius 3 is 2.50 bits per heavy atom. The van der Waals surface area contributed by atoms with Crippen LogP contribution in [0.2, 0.25) is 0 Å². The minimum Gasteiger partial charge on any atom is -0.481 e. The molecule has 0 aliphatic carbocycles. The van der Waals surface area contributed by atoms with Crippen LogP contribution in [0.5, 0.6) is 0 Å². The fourth-order valence-corrected chi connectivity index (χ4v) is 1.73. The van der Waals surface area contributed by atoms with Gasteiger partial charge >= 0.3 is 12.1 Å². The van der Waals surface area contributed by atoms with E-state index in [1.807, 2.05) is 0 Å². The van der Waals surface area contributed by atoms with Gasteiger partial charge in [0.2, 0.25) is 0 Å². The van der Waals surface area contributed by atoms with Crippen molar-refractivity contribution in [3.05, 3.63) is 0 Å². The van der Waals surface area contributed by atoms with Crippen molar-refractivity contribution in [1.29, 1.82) is 0 Å². The molecule has 2 N–H and O–H groups in total. The summed E-state index contributed by atoms with van der Waals surface area (Å²) in [6.45, 7) is 1.23. The van der Waals surface area contributed by atoms with Crippen LogP contribution in [0, 0.1) is 5.41 Å². The van der Waals surface area contributed by atoms with Gasteiger partial charge in [0.15, 0.2) is 6.10 Å². The van der Waals surface area contributed by atoms with Crippen LogP contribution >= 0.6 is 0 Å². The topological polar surface area (TPSA) is 60.8 Å². The number of carboxylic acids is 1. The van der Waals surface area contributed by atoms with Gasteiger partial charge in [-0.25, -0.2) is 0 Å². The van der Waals surface area contributed by atoms with E-state index >= 15 is 0 Å². The summed E-state index contributed by atoms with van der Waals surface area (Å²) in [6, 6.07) is 0. The van der Waals surface area contributed by atoms with Gasteiger partial charge in [-0.15, -0.1) is 0 Å². The third kappa shape index (κ3) is 2.85. The maximum atomic E-state index is 12.1. The van der Waals surface area contributed by atoms with E-state index in [1.165, 1.54) is 11.8 Å². The van der Waals surface area contributed by atoms with Crippen molar-refractivity contribution in [3.8, 4) is 0 Å². The Bertz CT molecular complexity index is 282. The Morgan fingerprint density at radius 1 is 1.56 bits per heavy atom. The number of aliphatic hydroxyl groups is 1. The number of β-amino-alcohol motifs (C(OH)–C–C–N with tert-alkyl or cyclic N) is 1. The van der Waals surface area contributed by atoms with Gasteiger partial charge in [0.1, 0.15) is 0 Å². The zero-order valence-corrected chi connectivity index (χ0v) is 8.79. The molecule has 2 atom stereocenters. The number of hydrogen-bond donors (Lipinski definition) is 2. The van der Waals surface area contributed by atoms with Crippen molar-refractivity contribution < 1.29 is 28.2 Å². The molecule has 0 amide bonds. The van der Waals surface area contributed by atoms with Crippen molar-refractivity contribution in [3.63, 3.8) is 0 Å². The Labute approximate surface area is 90.7 Å². The maximum Gasteiger partial charge on any atom is 0.415 e. The van der Waals surface area contributed by atoms with Gasteiger partial charge in [-0.2, -0.15) is 13.2 Å². The zero-order valence-electron chi connectivity index (χ0n) is 8.79. The van der Waals surface area contributed by atoms with Gasteiger partial charge in [0.05, 0.1) is 5.41 Å². The average molecular weight is 241 g/mol. The SMILES string of the molecule is CC1(C(=O)O)CCN(CC(O)C(F)(F)F)C1. The summed E-state index contributed by atoms with van der Waals surface area (Å²) < 4.78 is 36.2. The normalized spacial score (nSPS) is 29.3. The lowest BCUT2D eigenvalue weighted by Gasteiger charge is -2.23. The van der Waals surface area contributed by atoms with Gasteiger partial charge in [-0.05, 0) is 19.9 Å². The maximum absolute atomic E-state index is 12.1. The molecule has 1 aliphatic rings. The first-order chi connectivity index (χ1) is 7.15. The molecule has 94 valence electrons. The standard InChI is InChI=1S/C9H14F3NO3/c1-8(7(15)16)2-3-13(5-8)4-6(14)9(10,11)12/h6,14H,2-5H2,1H3,(H,15,16). The van der Waals surface area contributed by atoms with Crippen LogP contribution in [-0.4, -0.2) is 53.0 Å². The fourth-order valence-electron chi connectivity index (χ4n) is 1.73. The monoisotopic (exact) mass is 241 g/mol. The Balaban J connectivity index is 2.52. The molecule has 0 radical (unpaired) electrons. The molecule has 0 spiro atoms. The van der Waals surface area contributed by atoms with Crippen molar-refractivity contribution in [2.75, 3.05) is 19.6 Å². The van der Waals surface area contributed by atoms with Gasteiger partial charge < -0.3 is 10.2 Å². The average Bonchev–Trinajstić information content (AvgIpc) is 2.47. The second-order valence-electron chi connectivity index (χ2n) is 4.41. The highest BCUT2D eigenvalue weighted by Gasteiger charge is 2.44. The second kappa shape index (κ2) is 4.21. The summed E-state index contributed by atoms with van der Waals surface area (Å²) in [6.07, 6.45) is -6.77. The lowest BCUT2D eigenvalue weighted by Crippen LogP contribution is -2.41. The number of carboxylic acid groups (broad SMARTS) is 1. The quantitative estimate of drug-likeness (QED) is 0.763. The number of alkyl halides is 3. The molecule has 0 aromatic heterocycles. The zero-order chi connectivity index (χ0) is 12.6. The van der Waals surface area contributed by atoms with E-state index in [1.54, 1.807) is 0 Å². The number of aliphatic carboxylic acids is 1. The summed E-state index contributed by atoms with van der Waals surface area (Å²) in [5, 5.41) is 17.7. The molecule has 1 heterocycles. The number of nitrogens with zero attached hydrogens (tertiary/aromatic N) is 1. The highest BCUT2D eigenvalue weighted by atomic mass is 19.4. The van der Waals surface area contributed by atoms with Gasteiger partial charge in [0.25, 0.3) is 0 Å². The van der Waals surface area contributed by atoms with Crippen LogP contribution in [0.1, 0.15) is 13.3 Å². The highest BCUT2D eigenvalue weighted by Crippen LogP contribution is 2.31. The Kier molecular flexibility index (Phi) is 3.49. The molecular weight excluding hydrogens is 227 g/mol. The number of aliphatic hydroxyl groups excluding tert-OH is 1. The van der Waals surface area contributed by atoms with Crippen LogP contribution in [0.25, 0.3) is 0 Å². The molecule has 0 aromatic rings. The van der Waals surface area contributed by atoms with Crippen molar-refractivity contribution in [1.82, 2.24) is 4.90 Å². The van der Waals surface area contributed by atoms with E-state index < -0.39 is 30.2 Å². The summed E-state index contributed by atoms with van der Waals surface area (Å²) in [5.41, 5.74) is -1.01. The predicted molar refractivity (Wildman–Crippen MR) is 48.9 cm³/mol. The van der Waals surface area contributed by atoms with E-state index in [9.17, 15) is 18.0 Å². The summed E-state index contributed by atoms with van der Waals surface area (Å²) >= 11 is 0. The molecule has 1 rings (SSSR count). The number of carbonyl (C=O) groups is 1. The van der Waals surface area contributed by atoms with E-state index in [-0.39, 0.29) is 13.1 Å². The van der Waals surface area contributed by atoms with E-state index in [0.29, 0.717) is 6.42 Å². The molecule has 7 heteroatoms. The highest BCUT2D eigenvalue weighted by molar-refractivity contribution is 5.74. The van der Waals surface area contributed by atoms with E-state index in [4.69, 9.17) is 10.2 Å². The summed E-state index contributed by atoms with van der Waals surface area (Å²) in [5.74, 6) is -1.02. The first kappa shape index (κ1) is 13.2. The van der Waals surface area contributed by atoms with E-state index in [0.717, 1.165) is 0 Å². The number of likely N-dealkylation sites (tertiary alicyclic amines) is 1. The second-order valence-corrected chi connectivity index (χ2v) is 4.41. The molecule has 0 bridgehead atoms. The van der Waals surface area contributed by atoms with Crippen LogP contribution in [0.3, 0.4) is 0 Å². The molecule has 1 saturated heterocycles. The smallest absolute Gasteiger partial charge is 0.415 e. The number of rotatable bonds is 3. The van der Waals surface area contributed by atoms with Crippen LogP contribution in [-0.2, 0) is 4.79 Å². The molecule has 4 nitrogen and oxygen atoms in total. The Hall–Kier alpha value is -0.820. The molecule has 16 heavy (non-hydrogen) atoms. The van der Waals surface area contributed by atoms with Gasteiger partial charge in [-0.3, -0.25) is 9.69 Å². The van der Waals surface area contributed by atoms with Gasteiger partial charge in [-0.1, -0.05) is 0 Å². The van der Waals surface area contributed by atoms with Crippen LogP contribution in [0.4, 0.5) is 13.2 Å². The minimum absolute atomic E-state index is 0.0372. The van der Waals surface area contributed by atoms with Crippen molar-refractivity contribution in [2.24, 2.45) is 5.41 Å². The molecule has 2 unspecified atom stereocenters. The predicted octanol–water partition coefficient (Wildman–Crippen LogP) is 0.706.